The van der Waals surface area contributed by atoms with E-state index in [1.54, 1.807) is 14.2 Å². The monoisotopic (exact) mass is 176 g/mol. The number of hydrogen-bond acceptors (Lipinski definition) is 2. The van der Waals surface area contributed by atoms with Crippen LogP contribution >= 0.6 is 0 Å². The largest absolute Gasteiger partial charge is 0.497 e. The Labute approximate surface area is 76.3 Å². The number of nitrogens with one attached hydrogen (secondary N) is 1. The standard InChI is InChI=1S/C10H10NO2/c1-12-7-5-9-8(3-4-11-9)10(6-7)13-2/h3,5-6,11H,1-2H3. The van der Waals surface area contributed by atoms with E-state index in [1.807, 2.05) is 18.2 Å². The topological polar surface area (TPSA) is 34.2 Å². The van der Waals surface area contributed by atoms with E-state index < -0.39 is 0 Å². The zero-order valence-corrected chi connectivity index (χ0v) is 7.55. The highest BCUT2D eigenvalue weighted by Gasteiger charge is 2.04. The molecular formula is C10H10NO2. The second-order valence-corrected chi connectivity index (χ2v) is 2.70. The Bertz CT molecular complexity index is 420. The van der Waals surface area contributed by atoms with Crippen LogP contribution in [0.25, 0.3) is 10.9 Å². The van der Waals surface area contributed by atoms with Crippen LogP contribution in [0.15, 0.2) is 18.2 Å². The van der Waals surface area contributed by atoms with Gasteiger partial charge in [-0.15, -0.1) is 0 Å². The number of methoxy groups -OCH3 is 2. The smallest absolute Gasteiger partial charge is 0.131 e. The van der Waals surface area contributed by atoms with E-state index in [4.69, 9.17) is 9.47 Å². The van der Waals surface area contributed by atoms with E-state index in [0.29, 0.717) is 0 Å². The van der Waals surface area contributed by atoms with E-state index in [1.165, 1.54) is 0 Å². The number of hydrogen-bond donors (Lipinski definition) is 1. The molecule has 1 N–H and O–H groups in total. The molecule has 1 aromatic carbocycles. The van der Waals surface area contributed by atoms with Gasteiger partial charge in [-0.25, -0.2) is 0 Å². The van der Waals surface area contributed by atoms with Crippen LogP contribution < -0.4 is 9.47 Å². The van der Waals surface area contributed by atoms with Crippen molar-refractivity contribution in [3.63, 3.8) is 0 Å². The van der Waals surface area contributed by atoms with Gasteiger partial charge in [0, 0.05) is 17.5 Å². The van der Waals surface area contributed by atoms with Crippen LogP contribution in [-0.4, -0.2) is 19.2 Å². The summed E-state index contributed by atoms with van der Waals surface area (Å²) in [4.78, 5) is 2.98. The minimum atomic E-state index is 0.778. The third-order valence-electron chi connectivity index (χ3n) is 1.99. The second-order valence-electron chi connectivity index (χ2n) is 2.70. The third-order valence-corrected chi connectivity index (χ3v) is 1.99. The maximum atomic E-state index is 5.21. The summed E-state index contributed by atoms with van der Waals surface area (Å²) in [6, 6.07) is 5.62. The number of rotatable bonds is 2. The SMILES string of the molecule is COc1cc(OC)c2c[c][nH]c2c1. The van der Waals surface area contributed by atoms with Crippen LogP contribution in [0.3, 0.4) is 0 Å². The number of benzene rings is 1. The summed E-state index contributed by atoms with van der Waals surface area (Å²) in [5.41, 5.74) is 0.969. The van der Waals surface area contributed by atoms with Gasteiger partial charge >= 0.3 is 0 Å². The van der Waals surface area contributed by atoms with Crippen molar-refractivity contribution in [2.24, 2.45) is 0 Å². The van der Waals surface area contributed by atoms with Gasteiger partial charge in [0.2, 0.25) is 0 Å². The Hall–Kier alpha value is -1.64. The normalized spacial score (nSPS) is 10.3. The number of aromatic amines is 1. The van der Waals surface area contributed by atoms with Gasteiger partial charge in [-0.2, -0.15) is 0 Å². The fourth-order valence-electron chi connectivity index (χ4n) is 1.33. The fourth-order valence-corrected chi connectivity index (χ4v) is 1.33. The molecule has 13 heavy (non-hydrogen) atoms. The molecule has 0 saturated carbocycles. The Kier molecular flexibility index (Phi) is 1.85. The molecule has 3 nitrogen and oxygen atoms in total. The highest BCUT2D eigenvalue weighted by molar-refractivity contribution is 5.87. The van der Waals surface area contributed by atoms with Crippen molar-refractivity contribution in [3.8, 4) is 11.5 Å². The molecule has 0 fully saturated rings. The Morgan fingerprint density at radius 1 is 1.23 bits per heavy atom. The van der Waals surface area contributed by atoms with Crippen LogP contribution in [0.1, 0.15) is 0 Å². The zero-order chi connectivity index (χ0) is 9.26. The van der Waals surface area contributed by atoms with Crippen LogP contribution in [0, 0.1) is 6.20 Å². The molecule has 0 atom stereocenters. The van der Waals surface area contributed by atoms with Crippen molar-refractivity contribution >= 4 is 10.9 Å². The van der Waals surface area contributed by atoms with Gasteiger partial charge in [-0.1, -0.05) is 0 Å². The summed E-state index contributed by atoms with van der Waals surface area (Å²) in [6.45, 7) is 0. The lowest BCUT2D eigenvalue weighted by Crippen LogP contribution is -1.87. The molecule has 0 amide bonds. The Morgan fingerprint density at radius 3 is 2.77 bits per heavy atom. The first kappa shape index (κ1) is 7.98. The molecule has 0 spiro atoms. The summed E-state index contributed by atoms with van der Waals surface area (Å²) >= 11 is 0. The molecule has 0 aliphatic rings. The van der Waals surface area contributed by atoms with Crippen molar-refractivity contribution in [3.05, 3.63) is 24.4 Å². The number of H-pyrrole nitrogens is 1. The molecule has 2 aromatic rings. The van der Waals surface area contributed by atoms with Crippen molar-refractivity contribution in [2.45, 2.75) is 0 Å². The van der Waals surface area contributed by atoms with Crippen LogP contribution in [0.2, 0.25) is 0 Å². The first-order chi connectivity index (χ1) is 6.35. The van der Waals surface area contributed by atoms with Crippen molar-refractivity contribution < 1.29 is 9.47 Å². The number of fused-ring (bicyclic) bond motifs is 1. The van der Waals surface area contributed by atoms with E-state index in [2.05, 4.69) is 11.2 Å². The molecule has 1 heterocycles. The highest BCUT2D eigenvalue weighted by Crippen LogP contribution is 2.29. The Balaban J connectivity index is 2.70. The quantitative estimate of drug-likeness (QED) is 0.759. The van der Waals surface area contributed by atoms with Crippen LogP contribution in [0.4, 0.5) is 0 Å². The first-order valence-electron chi connectivity index (χ1n) is 3.96. The van der Waals surface area contributed by atoms with Crippen LogP contribution in [-0.2, 0) is 0 Å². The van der Waals surface area contributed by atoms with Gasteiger partial charge in [0.1, 0.15) is 11.5 Å². The maximum Gasteiger partial charge on any atom is 0.131 e. The molecule has 0 aliphatic heterocycles. The zero-order valence-electron chi connectivity index (χ0n) is 7.55. The first-order valence-corrected chi connectivity index (χ1v) is 3.96. The minimum absolute atomic E-state index is 0.778. The lowest BCUT2D eigenvalue weighted by Gasteiger charge is -2.04. The van der Waals surface area contributed by atoms with Gasteiger partial charge in [0.15, 0.2) is 0 Å². The summed E-state index contributed by atoms with van der Waals surface area (Å²) in [5.74, 6) is 1.58. The molecule has 1 radical (unpaired) electrons. The lowest BCUT2D eigenvalue weighted by molar-refractivity contribution is 0.398. The summed E-state index contributed by atoms with van der Waals surface area (Å²) in [6.07, 6.45) is 2.90. The average Bonchev–Trinajstić information content (AvgIpc) is 2.63. The van der Waals surface area contributed by atoms with Gasteiger partial charge < -0.3 is 14.5 Å². The molecule has 1 aromatic heterocycles. The molecule has 3 heteroatoms. The second kappa shape index (κ2) is 3.01. The maximum absolute atomic E-state index is 5.21. The number of aromatic nitrogens is 1. The van der Waals surface area contributed by atoms with Crippen molar-refractivity contribution in [1.29, 1.82) is 0 Å². The van der Waals surface area contributed by atoms with Crippen LogP contribution in [0.5, 0.6) is 11.5 Å². The van der Waals surface area contributed by atoms with Gasteiger partial charge in [0.05, 0.1) is 25.9 Å². The average molecular weight is 176 g/mol. The molecule has 0 saturated heterocycles. The molecule has 0 aliphatic carbocycles. The van der Waals surface area contributed by atoms with Crippen molar-refractivity contribution in [2.75, 3.05) is 14.2 Å². The minimum Gasteiger partial charge on any atom is -0.497 e. The van der Waals surface area contributed by atoms with Gasteiger partial charge in [0.25, 0.3) is 0 Å². The molecular weight excluding hydrogens is 166 g/mol. The molecule has 0 unspecified atom stereocenters. The fraction of sp³-hybridized carbons (Fsp3) is 0.200. The predicted molar refractivity (Wildman–Crippen MR) is 50.2 cm³/mol. The lowest BCUT2D eigenvalue weighted by atomic mass is 10.2. The highest BCUT2D eigenvalue weighted by atomic mass is 16.5. The molecule has 67 valence electrons. The molecule has 2 rings (SSSR count). The van der Waals surface area contributed by atoms with E-state index in [0.717, 1.165) is 22.4 Å². The van der Waals surface area contributed by atoms with Gasteiger partial charge in [-0.05, 0) is 6.07 Å². The van der Waals surface area contributed by atoms with E-state index in [-0.39, 0.29) is 0 Å². The summed E-state index contributed by atoms with van der Waals surface area (Å²) < 4.78 is 10.3. The third kappa shape index (κ3) is 1.22. The van der Waals surface area contributed by atoms with E-state index in [9.17, 15) is 0 Å². The molecule has 0 bridgehead atoms. The Morgan fingerprint density at radius 2 is 2.08 bits per heavy atom. The van der Waals surface area contributed by atoms with Crippen molar-refractivity contribution in [1.82, 2.24) is 4.98 Å². The van der Waals surface area contributed by atoms with E-state index >= 15 is 0 Å². The number of ether oxygens (including phenoxy) is 2. The van der Waals surface area contributed by atoms with Gasteiger partial charge in [-0.3, -0.25) is 0 Å². The predicted octanol–water partition coefficient (Wildman–Crippen LogP) is 1.99. The summed E-state index contributed by atoms with van der Waals surface area (Å²) in [7, 11) is 3.27. The summed E-state index contributed by atoms with van der Waals surface area (Å²) in [5, 5.41) is 1.02.